The number of aryl methyl sites for hydroxylation is 1. The number of benzene rings is 2. The van der Waals surface area contributed by atoms with Gasteiger partial charge < -0.3 is 10.1 Å². The molecule has 0 bridgehead atoms. The van der Waals surface area contributed by atoms with Gasteiger partial charge in [0.05, 0.1) is 5.52 Å². The van der Waals surface area contributed by atoms with Crippen molar-refractivity contribution in [3.05, 3.63) is 65.9 Å². The van der Waals surface area contributed by atoms with Crippen LogP contribution in [0.3, 0.4) is 0 Å². The van der Waals surface area contributed by atoms with Gasteiger partial charge >= 0.3 is 0 Å². The number of hydrogen-bond acceptors (Lipinski definition) is 5. The first-order valence-corrected chi connectivity index (χ1v) is 10.9. The summed E-state index contributed by atoms with van der Waals surface area (Å²) < 4.78 is 6.10. The number of amides is 1. The van der Waals surface area contributed by atoms with E-state index in [0.29, 0.717) is 6.61 Å². The summed E-state index contributed by atoms with van der Waals surface area (Å²) >= 11 is 0. The lowest BCUT2D eigenvalue weighted by Crippen LogP contribution is -2.47. The number of carbonyl (C=O) groups is 1. The van der Waals surface area contributed by atoms with Gasteiger partial charge in [-0.2, -0.15) is 0 Å². The van der Waals surface area contributed by atoms with Gasteiger partial charge in [-0.15, -0.1) is 0 Å². The predicted octanol–water partition coefficient (Wildman–Crippen LogP) is 3.70. The molecular formula is C25H30N4O2. The molecular weight excluding hydrogens is 388 g/mol. The van der Waals surface area contributed by atoms with Crippen molar-refractivity contribution in [1.29, 1.82) is 0 Å². The number of fused-ring (bicyclic) bond motifs is 1. The van der Waals surface area contributed by atoms with Crippen molar-refractivity contribution in [1.82, 2.24) is 14.8 Å². The summed E-state index contributed by atoms with van der Waals surface area (Å²) in [6.07, 6.45) is 0. The van der Waals surface area contributed by atoms with Crippen molar-refractivity contribution in [2.45, 2.75) is 20.4 Å². The number of pyridine rings is 1. The van der Waals surface area contributed by atoms with Crippen molar-refractivity contribution in [2.75, 3.05) is 44.6 Å². The Balaban J connectivity index is 1.23. The Morgan fingerprint density at radius 2 is 1.81 bits per heavy atom. The molecule has 31 heavy (non-hydrogen) atoms. The Morgan fingerprint density at radius 3 is 2.61 bits per heavy atom. The Hall–Kier alpha value is -2.96. The molecule has 1 aliphatic rings. The summed E-state index contributed by atoms with van der Waals surface area (Å²) in [6, 6.07) is 18.3. The topological polar surface area (TPSA) is 57.7 Å². The molecule has 1 amide bonds. The highest BCUT2D eigenvalue weighted by atomic mass is 16.5. The third-order valence-electron chi connectivity index (χ3n) is 5.61. The number of carbonyl (C=O) groups excluding carboxylic acids is 1. The van der Waals surface area contributed by atoms with Crippen LogP contribution in [0.4, 0.5) is 5.69 Å². The molecule has 0 saturated carbocycles. The van der Waals surface area contributed by atoms with Gasteiger partial charge in [-0.05, 0) is 48.9 Å². The second kappa shape index (κ2) is 9.90. The molecule has 162 valence electrons. The highest BCUT2D eigenvalue weighted by molar-refractivity contribution is 5.88. The van der Waals surface area contributed by atoms with Gasteiger partial charge in [-0.1, -0.05) is 18.2 Å². The molecule has 0 aliphatic carbocycles. The van der Waals surface area contributed by atoms with Crippen LogP contribution in [0.5, 0.6) is 5.75 Å². The molecule has 2 heterocycles. The average Bonchev–Trinajstić information content (AvgIpc) is 2.75. The second-order valence-corrected chi connectivity index (χ2v) is 8.12. The quantitative estimate of drug-likeness (QED) is 0.634. The zero-order valence-electron chi connectivity index (χ0n) is 18.3. The van der Waals surface area contributed by atoms with Gasteiger partial charge in [0.2, 0.25) is 5.91 Å². The smallest absolute Gasteiger partial charge is 0.221 e. The van der Waals surface area contributed by atoms with E-state index in [0.717, 1.165) is 67.3 Å². The first-order valence-electron chi connectivity index (χ1n) is 10.9. The monoisotopic (exact) mass is 418 g/mol. The maximum atomic E-state index is 11.3. The molecule has 1 aliphatic heterocycles. The third-order valence-corrected chi connectivity index (χ3v) is 5.61. The van der Waals surface area contributed by atoms with Crippen molar-refractivity contribution in [3.8, 4) is 5.75 Å². The summed E-state index contributed by atoms with van der Waals surface area (Å²) in [5.74, 6) is 0.866. The van der Waals surface area contributed by atoms with Crippen molar-refractivity contribution in [2.24, 2.45) is 0 Å². The first kappa shape index (κ1) is 21.3. The van der Waals surface area contributed by atoms with Crippen LogP contribution in [-0.4, -0.2) is 60.0 Å². The lowest BCUT2D eigenvalue weighted by molar-refractivity contribution is -0.114. The van der Waals surface area contributed by atoms with Crippen LogP contribution in [0.2, 0.25) is 0 Å². The maximum absolute atomic E-state index is 11.3. The van der Waals surface area contributed by atoms with E-state index >= 15 is 0 Å². The van der Waals surface area contributed by atoms with E-state index in [9.17, 15) is 4.79 Å². The Labute approximate surface area is 183 Å². The third kappa shape index (κ3) is 5.81. The van der Waals surface area contributed by atoms with Crippen LogP contribution in [0.15, 0.2) is 54.6 Å². The van der Waals surface area contributed by atoms with Gasteiger partial charge in [0.25, 0.3) is 0 Å². The van der Waals surface area contributed by atoms with E-state index in [-0.39, 0.29) is 5.91 Å². The number of aromatic nitrogens is 1. The predicted molar refractivity (Wildman–Crippen MR) is 124 cm³/mol. The molecule has 0 radical (unpaired) electrons. The number of rotatable bonds is 7. The molecule has 4 rings (SSSR count). The second-order valence-electron chi connectivity index (χ2n) is 8.12. The van der Waals surface area contributed by atoms with Gasteiger partial charge in [-0.3, -0.25) is 19.6 Å². The molecule has 0 spiro atoms. The zero-order chi connectivity index (χ0) is 21.6. The molecule has 1 aromatic heterocycles. The molecule has 1 N–H and O–H groups in total. The van der Waals surface area contributed by atoms with Crippen molar-refractivity contribution in [3.63, 3.8) is 0 Å². The standard InChI is InChI=1S/C25H30N4O2/c1-19-9-10-23-24(26-19)7-4-8-25(23)31-16-15-28-11-13-29(14-12-28)18-21-5-3-6-22(17-21)27-20(2)30/h3-10,17H,11-16,18H2,1-2H3,(H,27,30). The van der Waals surface area contributed by atoms with Crippen molar-refractivity contribution >= 4 is 22.5 Å². The summed E-state index contributed by atoms with van der Waals surface area (Å²) in [5.41, 5.74) is 4.08. The summed E-state index contributed by atoms with van der Waals surface area (Å²) in [4.78, 5) is 20.8. The molecule has 0 atom stereocenters. The molecule has 2 aromatic carbocycles. The normalized spacial score (nSPS) is 15.2. The Morgan fingerprint density at radius 1 is 1.03 bits per heavy atom. The zero-order valence-corrected chi connectivity index (χ0v) is 18.3. The fourth-order valence-electron chi connectivity index (χ4n) is 4.02. The lowest BCUT2D eigenvalue weighted by atomic mass is 10.1. The minimum absolute atomic E-state index is 0.0390. The lowest BCUT2D eigenvalue weighted by Gasteiger charge is -2.34. The van der Waals surface area contributed by atoms with Crippen LogP contribution < -0.4 is 10.1 Å². The van der Waals surface area contributed by atoms with E-state index in [1.807, 2.05) is 43.3 Å². The van der Waals surface area contributed by atoms with E-state index in [2.05, 4.69) is 38.3 Å². The van der Waals surface area contributed by atoms with E-state index in [1.54, 1.807) is 0 Å². The molecule has 1 fully saturated rings. The highest BCUT2D eigenvalue weighted by Gasteiger charge is 2.17. The van der Waals surface area contributed by atoms with E-state index in [1.165, 1.54) is 12.5 Å². The number of piperazine rings is 1. The van der Waals surface area contributed by atoms with Crippen LogP contribution >= 0.6 is 0 Å². The number of anilines is 1. The highest BCUT2D eigenvalue weighted by Crippen LogP contribution is 2.24. The van der Waals surface area contributed by atoms with E-state index < -0.39 is 0 Å². The molecule has 1 saturated heterocycles. The number of ether oxygens (including phenoxy) is 1. The summed E-state index contributed by atoms with van der Waals surface area (Å²) in [5, 5.41) is 3.93. The SMILES string of the molecule is CC(=O)Nc1cccc(CN2CCN(CCOc3cccc4nc(C)ccc34)CC2)c1. The van der Waals surface area contributed by atoms with Crippen LogP contribution in [0.1, 0.15) is 18.2 Å². The van der Waals surface area contributed by atoms with Crippen LogP contribution in [0, 0.1) is 6.92 Å². The maximum Gasteiger partial charge on any atom is 0.221 e. The fourth-order valence-corrected chi connectivity index (χ4v) is 4.02. The Bertz CT molecular complexity index is 1040. The molecule has 6 nitrogen and oxygen atoms in total. The minimum atomic E-state index is -0.0390. The molecule has 6 heteroatoms. The number of nitrogens with one attached hydrogen (secondary N) is 1. The first-order chi connectivity index (χ1) is 15.1. The minimum Gasteiger partial charge on any atom is -0.492 e. The van der Waals surface area contributed by atoms with Crippen LogP contribution in [0.25, 0.3) is 10.9 Å². The van der Waals surface area contributed by atoms with Crippen molar-refractivity contribution < 1.29 is 9.53 Å². The summed E-state index contributed by atoms with van der Waals surface area (Å²) in [7, 11) is 0. The van der Waals surface area contributed by atoms with Gasteiger partial charge in [0.1, 0.15) is 12.4 Å². The summed E-state index contributed by atoms with van der Waals surface area (Å²) in [6.45, 7) is 10.2. The van der Waals surface area contributed by atoms with Gasteiger partial charge in [0.15, 0.2) is 0 Å². The number of hydrogen-bond donors (Lipinski definition) is 1. The van der Waals surface area contributed by atoms with Crippen LogP contribution in [-0.2, 0) is 11.3 Å². The average molecular weight is 419 g/mol. The fraction of sp³-hybridized carbons (Fsp3) is 0.360. The number of nitrogens with zero attached hydrogens (tertiary/aromatic N) is 3. The van der Waals surface area contributed by atoms with E-state index in [4.69, 9.17) is 4.74 Å². The Kier molecular flexibility index (Phi) is 6.79. The van der Waals surface area contributed by atoms with Gasteiger partial charge in [-0.25, -0.2) is 0 Å². The largest absolute Gasteiger partial charge is 0.492 e. The molecule has 0 unspecified atom stereocenters. The van der Waals surface area contributed by atoms with Gasteiger partial charge in [0, 0.05) is 63.0 Å². The molecule has 3 aromatic rings.